The number of carbonyl (C=O) groups excluding carboxylic acids is 3. The Kier molecular flexibility index (Phi) is 11.0. The highest BCUT2D eigenvalue weighted by Gasteiger charge is 2.44. The normalized spacial score (nSPS) is 23.5. The number of carbonyl (C=O) groups is 3. The van der Waals surface area contributed by atoms with Gasteiger partial charge in [-0.1, -0.05) is 18.2 Å². The Morgan fingerprint density at radius 2 is 1.44 bits per heavy atom. The second-order valence-electron chi connectivity index (χ2n) is 14.8. The Balaban J connectivity index is 1.31. The van der Waals surface area contributed by atoms with Gasteiger partial charge in [-0.3, -0.25) is 4.79 Å². The Morgan fingerprint density at radius 3 is 2.04 bits per heavy atom. The molecule has 3 fully saturated rings. The number of anilines is 1. The molecule has 0 aliphatic carbocycles. The summed E-state index contributed by atoms with van der Waals surface area (Å²) in [6.07, 6.45) is -8.26. The second kappa shape index (κ2) is 15.2. The largest absolute Gasteiger partial charge is 0.530 e. The fourth-order valence-electron chi connectivity index (χ4n) is 8.71. The molecule has 3 atom stereocenters. The van der Waals surface area contributed by atoms with Crippen molar-refractivity contribution in [2.45, 2.75) is 75.8 Å². The fourth-order valence-corrected chi connectivity index (χ4v) is 8.71. The highest BCUT2D eigenvalue weighted by Crippen LogP contribution is 2.39. The molecule has 4 amide bonds. The zero-order valence-electron chi connectivity index (χ0n) is 29.0. The molecule has 2 aromatic carbocycles. The molecule has 15 heteroatoms. The van der Waals surface area contributed by atoms with E-state index in [9.17, 15) is 45.8 Å². The molecule has 284 valence electrons. The summed E-state index contributed by atoms with van der Waals surface area (Å²) in [5, 5.41) is 15.5. The highest BCUT2D eigenvalue weighted by atomic mass is 19.4. The van der Waals surface area contributed by atoms with Crippen molar-refractivity contribution in [1.29, 1.82) is 0 Å². The topological polar surface area (TPSA) is 99.3 Å². The van der Waals surface area contributed by atoms with Crippen LogP contribution in [0.2, 0.25) is 0 Å². The van der Waals surface area contributed by atoms with Gasteiger partial charge < -0.3 is 34.8 Å². The number of amides is 4. The maximum atomic E-state index is 14.6. The number of rotatable bonds is 6. The third-order valence-corrected chi connectivity index (χ3v) is 11.6. The standard InChI is InChI=1S/C37H45F6N5O4/c1-45-12-6-24(7-13-45)25-8-14-46(15-9-25)33(49)30(20-23-18-27(36(38,39)40)21-28(19-23)37(41,42)43)32-22-29(11-17-48(32)35(51)52)47-16-10-26-4-2-3-5-31(26)44-34(47)50/h2-5,18-19,21,24-25,29-30,32H,6-17,20,22H2,1H3,(H,44,50)(H,51,52)/p-1/t29?,30?,32-/m1/s1. The summed E-state index contributed by atoms with van der Waals surface area (Å²) in [7, 11) is 2.07. The van der Waals surface area contributed by atoms with E-state index in [0.29, 0.717) is 62.0 Å². The lowest BCUT2D eigenvalue weighted by Gasteiger charge is -2.48. The van der Waals surface area contributed by atoms with E-state index in [4.69, 9.17) is 0 Å². The molecule has 0 saturated carbocycles. The van der Waals surface area contributed by atoms with E-state index in [-0.39, 0.29) is 37.6 Å². The van der Waals surface area contributed by atoms with Crippen LogP contribution >= 0.6 is 0 Å². The van der Waals surface area contributed by atoms with Crippen LogP contribution < -0.4 is 10.4 Å². The number of likely N-dealkylation sites (tertiary alicyclic amines) is 3. The van der Waals surface area contributed by atoms with Crippen LogP contribution in [-0.4, -0.2) is 96.0 Å². The van der Waals surface area contributed by atoms with Crippen molar-refractivity contribution in [3.63, 3.8) is 0 Å². The van der Waals surface area contributed by atoms with Gasteiger partial charge >= 0.3 is 18.4 Å². The minimum Gasteiger partial charge on any atom is -0.530 e. The number of piperidine rings is 3. The summed E-state index contributed by atoms with van der Waals surface area (Å²) < 4.78 is 83.4. The maximum Gasteiger partial charge on any atom is 0.416 e. The second-order valence-corrected chi connectivity index (χ2v) is 14.8. The zero-order valence-corrected chi connectivity index (χ0v) is 29.0. The smallest absolute Gasteiger partial charge is 0.416 e. The number of benzene rings is 2. The SMILES string of the molecule is CN1CCC(C2CCN(C(=O)C(Cc3cc(C(F)(F)F)cc(C(F)(F)F)c3)[C@H]3CC(N4CCc5ccccc5NC4=O)CCN3C(=O)[O-])CC2)CC1. The monoisotopic (exact) mass is 736 g/mol. The van der Waals surface area contributed by atoms with Crippen LogP contribution in [0.3, 0.4) is 0 Å². The number of nitrogens with zero attached hydrogens (tertiary/aromatic N) is 4. The number of hydrogen-bond donors (Lipinski definition) is 1. The molecule has 4 heterocycles. The predicted octanol–water partition coefficient (Wildman–Crippen LogP) is 5.73. The minimum absolute atomic E-state index is 0.0359. The van der Waals surface area contributed by atoms with Gasteiger partial charge in [0.1, 0.15) is 6.09 Å². The van der Waals surface area contributed by atoms with E-state index < -0.39 is 65.9 Å². The van der Waals surface area contributed by atoms with Gasteiger partial charge in [0.15, 0.2) is 0 Å². The first-order chi connectivity index (χ1) is 24.6. The molecule has 9 nitrogen and oxygen atoms in total. The van der Waals surface area contributed by atoms with Crippen molar-refractivity contribution in [3.05, 3.63) is 64.7 Å². The number of para-hydroxylation sites is 1. The number of carboxylic acid groups (broad SMARTS) is 1. The van der Waals surface area contributed by atoms with Crippen molar-refractivity contribution in [2.75, 3.05) is 51.6 Å². The maximum absolute atomic E-state index is 14.6. The number of urea groups is 1. The molecule has 0 radical (unpaired) electrons. The van der Waals surface area contributed by atoms with Crippen molar-refractivity contribution >= 4 is 23.7 Å². The molecule has 0 aromatic heterocycles. The van der Waals surface area contributed by atoms with E-state index in [2.05, 4.69) is 17.3 Å². The first-order valence-electron chi connectivity index (χ1n) is 18.0. The van der Waals surface area contributed by atoms with Crippen LogP contribution in [0.5, 0.6) is 0 Å². The summed E-state index contributed by atoms with van der Waals surface area (Å²) in [5.41, 5.74) is -1.86. The summed E-state index contributed by atoms with van der Waals surface area (Å²) >= 11 is 0. The number of alkyl halides is 6. The predicted molar refractivity (Wildman–Crippen MR) is 178 cm³/mol. The Labute approximate surface area is 298 Å². The van der Waals surface area contributed by atoms with Crippen LogP contribution in [-0.2, 0) is 30.0 Å². The molecule has 4 aliphatic rings. The van der Waals surface area contributed by atoms with E-state index in [1.54, 1.807) is 21.9 Å². The molecule has 4 aliphatic heterocycles. The molecule has 0 spiro atoms. The van der Waals surface area contributed by atoms with Crippen LogP contribution in [0.15, 0.2) is 42.5 Å². The number of fused-ring (bicyclic) bond motifs is 1. The molecule has 52 heavy (non-hydrogen) atoms. The van der Waals surface area contributed by atoms with E-state index in [1.807, 2.05) is 12.1 Å². The number of halogens is 6. The molecule has 3 saturated heterocycles. The third-order valence-electron chi connectivity index (χ3n) is 11.6. The van der Waals surface area contributed by atoms with E-state index in [0.717, 1.165) is 36.4 Å². The van der Waals surface area contributed by atoms with Crippen LogP contribution in [0.1, 0.15) is 60.8 Å². The van der Waals surface area contributed by atoms with Crippen molar-refractivity contribution in [1.82, 2.24) is 19.6 Å². The lowest BCUT2D eigenvalue weighted by Crippen LogP contribution is -2.61. The van der Waals surface area contributed by atoms with Gasteiger partial charge in [0.25, 0.3) is 0 Å². The van der Waals surface area contributed by atoms with Crippen LogP contribution in [0, 0.1) is 17.8 Å². The first kappa shape index (κ1) is 37.7. The molecular formula is C37H44F6N5O4-. The quantitative estimate of drug-likeness (QED) is 0.383. The van der Waals surface area contributed by atoms with Crippen molar-refractivity contribution in [3.8, 4) is 0 Å². The lowest BCUT2D eigenvalue weighted by molar-refractivity contribution is -0.270. The summed E-state index contributed by atoms with van der Waals surface area (Å²) in [6.45, 7) is 2.80. The molecule has 6 rings (SSSR count). The summed E-state index contributed by atoms with van der Waals surface area (Å²) in [5.74, 6) is -0.998. The van der Waals surface area contributed by atoms with Crippen LogP contribution in [0.25, 0.3) is 0 Å². The highest BCUT2D eigenvalue weighted by molar-refractivity contribution is 5.91. The summed E-state index contributed by atoms with van der Waals surface area (Å²) in [6, 6.07) is 6.38. The van der Waals surface area contributed by atoms with Gasteiger partial charge in [0, 0.05) is 44.0 Å². The van der Waals surface area contributed by atoms with Crippen molar-refractivity contribution in [2.24, 2.45) is 17.8 Å². The third kappa shape index (κ3) is 8.44. The van der Waals surface area contributed by atoms with Crippen LogP contribution in [0.4, 0.5) is 41.6 Å². The minimum atomic E-state index is -5.10. The molecule has 2 unspecified atom stereocenters. The zero-order chi connectivity index (χ0) is 37.4. The Morgan fingerprint density at radius 1 is 0.846 bits per heavy atom. The van der Waals surface area contributed by atoms with E-state index >= 15 is 0 Å². The van der Waals surface area contributed by atoms with E-state index in [1.165, 1.54) is 0 Å². The fraction of sp³-hybridized carbons (Fsp3) is 0.595. The van der Waals surface area contributed by atoms with Gasteiger partial charge in [-0.05, 0) is 119 Å². The Bertz CT molecular complexity index is 1590. The lowest BCUT2D eigenvalue weighted by atomic mass is 9.78. The summed E-state index contributed by atoms with van der Waals surface area (Å²) in [4.78, 5) is 47.0. The molecule has 2 aromatic rings. The molecule has 1 N–H and O–H groups in total. The van der Waals surface area contributed by atoms with Gasteiger partial charge in [-0.25, -0.2) is 4.79 Å². The average molecular weight is 737 g/mol. The van der Waals surface area contributed by atoms with Gasteiger partial charge in [-0.15, -0.1) is 0 Å². The average Bonchev–Trinajstić information content (AvgIpc) is 3.27. The molecular weight excluding hydrogens is 692 g/mol. The van der Waals surface area contributed by atoms with Crippen molar-refractivity contribution < 1.29 is 45.8 Å². The van der Waals surface area contributed by atoms with Gasteiger partial charge in [0.2, 0.25) is 5.91 Å². The first-order valence-corrected chi connectivity index (χ1v) is 18.0. The molecule has 0 bridgehead atoms. The number of hydrogen-bond acceptors (Lipinski definition) is 5. The van der Waals surface area contributed by atoms with Gasteiger partial charge in [0.05, 0.1) is 17.0 Å². The van der Waals surface area contributed by atoms with Gasteiger partial charge in [-0.2, -0.15) is 26.3 Å². The number of nitrogens with one attached hydrogen (secondary N) is 1. The Hall–Kier alpha value is -4.01.